The molecule has 274 valence electrons. The van der Waals surface area contributed by atoms with Crippen LogP contribution in [0.4, 0.5) is 14.6 Å². The van der Waals surface area contributed by atoms with Crippen molar-refractivity contribution in [3.05, 3.63) is 167 Å². The van der Waals surface area contributed by atoms with Crippen LogP contribution in [0.25, 0.3) is 66.6 Å². The number of hydrogen-bond acceptors (Lipinski definition) is 5. The van der Waals surface area contributed by atoms with Crippen molar-refractivity contribution in [2.45, 2.75) is 0 Å². The number of halogens is 8. The fourth-order valence-corrected chi connectivity index (χ4v) is 7.85. The van der Waals surface area contributed by atoms with Crippen molar-refractivity contribution in [1.29, 1.82) is 0 Å². The van der Waals surface area contributed by atoms with Gasteiger partial charge in [-0.1, -0.05) is 81.7 Å². The zero-order valence-corrected chi connectivity index (χ0v) is 32.2. The minimum Gasteiger partial charge on any atom is -0.618 e. The van der Waals surface area contributed by atoms with E-state index < -0.39 is 17.2 Å². The van der Waals surface area contributed by atoms with Crippen molar-refractivity contribution in [2.75, 3.05) is 5.73 Å². The maximum Gasteiger partial charge on any atom is 0.251 e. The second-order valence-corrected chi connectivity index (χ2v) is 14.4. The van der Waals surface area contributed by atoms with Gasteiger partial charge in [0.05, 0.1) is 46.9 Å². The topological polar surface area (TPSA) is 112 Å². The van der Waals surface area contributed by atoms with E-state index in [9.17, 15) is 18.8 Å². The number of fused-ring (bicyclic) bond motifs is 2. The smallest absolute Gasteiger partial charge is 0.251 e. The minimum atomic E-state index is -0.496. The van der Waals surface area contributed by atoms with E-state index in [1.165, 1.54) is 36.5 Å². The summed E-state index contributed by atoms with van der Waals surface area (Å²) >= 11 is 37.7. The van der Waals surface area contributed by atoms with Gasteiger partial charge in [-0.25, -0.2) is 13.8 Å². The molecule has 4 aromatic heterocycles. The number of nitrogens with two attached hydrogens (primary N) is 1. The maximum absolute atomic E-state index is 13.5. The van der Waals surface area contributed by atoms with Gasteiger partial charge in [-0.05, 0) is 83.9 Å². The van der Waals surface area contributed by atoms with E-state index in [2.05, 4.69) is 15.0 Å². The molecule has 0 saturated heterocycles. The lowest BCUT2D eigenvalue weighted by Gasteiger charge is -2.13. The highest BCUT2D eigenvalue weighted by Gasteiger charge is 2.24. The number of hydrogen-bond donors (Lipinski definition) is 2. The molecule has 3 N–H and O–H groups in total. The largest absolute Gasteiger partial charge is 0.618 e. The van der Waals surface area contributed by atoms with Gasteiger partial charge in [0.2, 0.25) is 5.56 Å². The highest BCUT2D eigenvalue weighted by Crippen LogP contribution is 2.41. The van der Waals surface area contributed by atoms with Crippen LogP contribution < -0.4 is 16.0 Å². The van der Waals surface area contributed by atoms with Crippen LogP contribution in [0.5, 0.6) is 0 Å². The molecular weight excluding hydrogens is 833 g/mol. The Balaban J connectivity index is 0.000000169. The predicted octanol–water partition coefficient (Wildman–Crippen LogP) is 12.2. The number of aromatic amines is 1. The summed E-state index contributed by atoms with van der Waals surface area (Å²) in [5.41, 5.74) is 10.1. The zero-order valence-electron chi connectivity index (χ0n) is 27.7. The molecule has 0 saturated carbocycles. The van der Waals surface area contributed by atoms with E-state index in [0.717, 1.165) is 11.5 Å². The first-order valence-electron chi connectivity index (χ1n) is 16.0. The number of H-pyrrole nitrogens is 1. The van der Waals surface area contributed by atoms with Gasteiger partial charge in [-0.2, -0.15) is 4.73 Å². The van der Waals surface area contributed by atoms with Gasteiger partial charge in [0.1, 0.15) is 23.0 Å². The molecule has 7 nitrogen and oxygen atoms in total. The van der Waals surface area contributed by atoms with Gasteiger partial charge in [-0.15, -0.1) is 0 Å². The number of nitrogen functional groups attached to an aromatic ring is 1. The molecule has 15 heteroatoms. The lowest BCUT2D eigenvalue weighted by atomic mass is 9.99. The second kappa shape index (κ2) is 15.6. The molecule has 0 aliphatic carbocycles. The average Bonchev–Trinajstić information content (AvgIpc) is 3.12. The van der Waals surface area contributed by atoms with Crippen LogP contribution in [0, 0.1) is 16.8 Å². The van der Waals surface area contributed by atoms with Gasteiger partial charge in [0, 0.05) is 45.8 Å². The second-order valence-electron chi connectivity index (χ2n) is 11.9. The highest BCUT2D eigenvalue weighted by molar-refractivity contribution is 6.40. The maximum atomic E-state index is 13.5. The summed E-state index contributed by atoms with van der Waals surface area (Å²) in [5, 5.41) is 15.7. The molecule has 0 spiro atoms. The summed E-state index contributed by atoms with van der Waals surface area (Å²) in [6.07, 6.45) is 2.92. The first-order chi connectivity index (χ1) is 26.3. The van der Waals surface area contributed by atoms with Crippen molar-refractivity contribution >= 4 is 97.2 Å². The normalized spacial score (nSPS) is 11.1. The molecule has 0 radical (unpaired) electrons. The monoisotopic (exact) mass is 851 g/mol. The number of nitrogens with one attached hydrogen (secondary N) is 1. The molecule has 0 amide bonds. The van der Waals surface area contributed by atoms with Crippen LogP contribution in [0.3, 0.4) is 0 Å². The number of aromatic nitrogens is 4. The standard InChI is InChI=1S/C20H11Cl3FN3.C20H10Cl3FN2O2/c21-14-2-1-3-15(22)18(14)20-19-12(6-7-26-20)13(9-17(25)27-19)11-5-4-10(24)8-16(11)23;21-14-2-1-3-15(22)18(14)20-19-12(6-7-26(20)28)13(9-17(27)25-19)11-5-4-10(24)8-16(11)23/h1-9H,(H2,25,27);1-9H,(H,25,27). The summed E-state index contributed by atoms with van der Waals surface area (Å²) in [5.74, 6) is -0.639. The van der Waals surface area contributed by atoms with Gasteiger partial charge < -0.3 is 15.9 Å². The van der Waals surface area contributed by atoms with Crippen LogP contribution >= 0.6 is 69.6 Å². The van der Waals surface area contributed by atoms with Gasteiger partial charge in [0.25, 0.3) is 5.69 Å². The van der Waals surface area contributed by atoms with Crippen LogP contribution in [-0.2, 0) is 0 Å². The minimum absolute atomic E-state index is 0.102. The van der Waals surface area contributed by atoms with E-state index in [1.54, 1.807) is 66.9 Å². The Bertz CT molecular complexity index is 2850. The van der Waals surface area contributed by atoms with Crippen molar-refractivity contribution in [2.24, 2.45) is 0 Å². The molecule has 4 aromatic carbocycles. The Hall–Kier alpha value is -5.00. The van der Waals surface area contributed by atoms with Crippen LogP contribution in [-0.4, -0.2) is 15.0 Å². The van der Waals surface area contributed by atoms with E-state index in [4.69, 9.17) is 75.3 Å². The number of benzene rings is 4. The van der Waals surface area contributed by atoms with E-state index in [0.29, 0.717) is 64.8 Å². The molecule has 55 heavy (non-hydrogen) atoms. The third kappa shape index (κ3) is 7.52. The molecule has 0 fully saturated rings. The van der Waals surface area contributed by atoms with Gasteiger partial charge in [-0.3, -0.25) is 9.78 Å². The number of rotatable bonds is 4. The average molecular weight is 854 g/mol. The summed E-state index contributed by atoms with van der Waals surface area (Å²) in [7, 11) is 0. The third-order valence-electron chi connectivity index (χ3n) is 8.51. The van der Waals surface area contributed by atoms with Crippen LogP contribution in [0.15, 0.2) is 114 Å². The number of nitrogens with zero attached hydrogens (tertiary/aromatic N) is 3. The molecule has 0 bridgehead atoms. The molecular formula is C40H21Cl6F2N5O2. The molecule has 0 aliphatic heterocycles. The fourth-order valence-electron chi connectivity index (χ4n) is 6.16. The number of anilines is 1. The van der Waals surface area contributed by atoms with E-state index >= 15 is 0 Å². The Morgan fingerprint density at radius 3 is 1.75 bits per heavy atom. The summed E-state index contributed by atoms with van der Waals surface area (Å²) in [4.78, 5) is 23.9. The highest BCUT2D eigenvalue weighted by atomic mass is 35.5. The SMILES string of the molecule is Nc1cc(-c2ccc(F)cc2Cl)c2ccnc(-c3c(Cl)cccc3Cl)c2n1.O=c1cc(-c2ccc(F)cc2Cl)c2cc[n+]([O-])c(-c3c(Cl)cccc3Cl)c2[nH]1. The third-order valence-corrected chi connectivity index (χ3v) is 10.4. The van der Waals surface area contributed by atoms with E-state index in [1.807, 2.05) is 0 Å². The lowest BCUT2D eigenvalue weighted by Crippen LogP contribution is -2.29. The number of pyridine rings is 4. The van der Waals surface area contributed by atoms with Crippen molar-refractivity contribution in [3.63, 3.8) is 0 Å². The molecule has 4 heterocycles. The quantitative estimate of drug-likeness (QED) is 0.135. The van der Waals surface area contributed by atoms with Crippen LogP contribution in [0.2, 0.25) is 30.1 Å². The Labute approximate surface area is 341 Å². The Morgan fingerprint density at radius 2 is 1.18 bits per heavy atom. The molecule has 8 aromatic rings. The molecule has 0 aliphatic rings. The van der Waals surface area contributed by atoms with Gasteiger partial charge >= 0.3 is 0 Å². The van der Waals surface area contributed by atoms with Crippen LogP contribution in [0.1, 0.15) is 0 Å². The molecule has 0 atom stereocenters. The summed E-state index contributed by atoms with van der Waals surface area (Å²) in [6.45, 7) is 0. The first kappa shape index (κ1) is 38.3. The van der Waals surface area contributed by atoms with Crippen molar-refractivity contribution in [1.82, 2.24) is 15.0 Å². The summed E-state index contributed by atoms with van der Waals surface area (Å²) in [6, 6.07) is 24.5. The Kier molecular flexibility index (Phi) is 10.9. The van der Waals surface area contributed by atoms with Crippen molar-refractivity contribution in [3.8, 4) is 44.8 Å². The van der Waals surface area contributed by atoms with E-state index in [-0.39, 0.29) is 37.1 Å². The predicted molar refractivity (Wildman–Crippen MR) is 219 cm³/mol. The first-order valence-corrected chi connectivity index (χ1v) is 18.2. The van der Waals surface area contributed by atoms with Gasteiger partial charge in [0.15, 0.2) is 6.20 Å². The fraction of sp³-hybridized carbons (Fsp3) is 0. The molecule has 0 unspecified atom stereocenters. The zero-order chi connectivity index (χ0) is 39.1. The Morgan fingerprint density at radius 1 is 0.636 bits per heavy atom. The van der Waals surface area contributed by atoms with Crippen molar-refractivity contribution < 1.29 is 13.5 Å². The summed E-state index contributed by atoms with van der Waals surface area (Å²) < 4.78 is 27.5. The molecule has 8 rings (SSSR count). The lowest BCUT2D eigenvalue weighted by molar-refractivity contribution is -0.592.